The molecule has 0 saturated heterocycles. The van der Waals surface area contributed by atoms with Crippen molar-refractivity contribution in [3.8, 4) is 0 Å². The van der Waals surface area contributed by atoms with Crippen molar-refractivity contribution in [2.75, 3.05) is 4.90 Å². The topological polar surface area (TPSA) is 32.7 Å². The Morgan fingerprint density at radius 1 is 0.923 bits per heavy atom. The summed E-state index contributed by atoms with van der Waals surface area (Å²) >= 11 is 6.21. The molecule has 0 atom stereocenters. The van der Waals surface area contributed by atoms with Gasteiger partial charge in [-0.1, -0.05) is 72.3 Å². The van der Waals surface area contributed by atoms with Crippen molar-refractivity contribution in [1.82, 2.24) is 0 Å². The van der Waals surface area contributed by atoms with E-state index in [-0.39, 0.29) is 12.3 Å². The first-order valence-corrected chi connectivity index (χ1v) is 8.85. The lowest BCUT2D eigenvalue weighted by Gasteiger charge is -2.22. The molecule has 128 valence electrons. The normalized spacial score (nSPS) is 13.8. The summed E-state index contributed by atoms with van der Waals surface area (Å²) in [5.74, 6) is 0.0115. The average Bonchev–Trinajstić information content (AvgIpc) is 2.80. The third-order valence-electron chi connectivity index (χ3n) is 4.39. The predicted octanol–water partition coefficient (Wildman–Crippen LogP) is 5.40. The SMILES string of the molecule is O=C1CC(c2ccccc2)=Nc2ccc(Cl)cc2N1Cc1ccccc1. The highest BCUT2D eigenvalue weighted by Crippen LogP contribution is 2.36. The van der Waals surface area contributed by atoms with Crippen LogP contribution in [0, 0.1) is 0 Å². The highest BCUT2D eigenvalue weighted by Gasteiger charge is 2.25. The van der Waals surface area contributed by atoms with E-state index in [0.29, 0.717) is 11.6 Å². The van der Waals surface area contributed by atoms with Crippen LogP contribution in [0.4, 0.5) is 11.4 Å². The van der Waals surface area contributed by atoms with Crippen LogP contribution in [-0.4, -0.2) is 11.6 Å². The van der Waals surface area contributed by atoms with Crippen LogP contribution in [0.25, 0.3) is 0 Å². The quantitative estimate of drug-likeness (QED) is 0.615. The van der Waals surface area contributed by atoms with E-state index >= 15 is 0 Å². The zero-order valence-electron chi connectivity index (χ0n) is 14.1. The molecule has 1 aliphatic heterocycles. The van der Waals surface area contributed by atoms with Crippen molar-refractivity contribution in [2.24, 2.45) is 4.99 Å². The summed E-state index contributed by atoms with van der Waals surface area (Å²) in [6, 6.07) is 25.3. The summed E-state index contributed by atoms with van der Waals surface area (Å²) in [5.41, 5.74) is 4.31. The van der Waals surface area contributed by atoms with Gasteiger partial charge in [-0.3, -0.25) is 9.79 Å². The van der Waals surface area contributed by atoms with Gasteiger partial charge in [0.2, 0.25) is 5.91 Å². The van der Waals surface area contributed by atoms with Crippen LogP contribution in [0.1, 0.15) is 17.5 Å². The number of anilines is 1. The van der Waals surface area contributed by atoms with Gasteiger partial charge in [0.05, 0.1) is 30.1 Å². The number of amides is 1. The molecule has 1 aliphatic rings. The van der Waals surface area contributed by atoms with E-state index in [0.717, 1.165) is 28.2 Å². The molecule has 0 aliphatic carbocycles. The largest absolute Gasteiger partial charge is 0.305 e. The second-order valence-corrected chi connectivity index (χ2v) is 6.64. The molecule has 0 unspecified atom stereocenters. The number of hydrogen-bond acceptors (Lipinski definition) is 2. The van der Waals surface area contributed by atoms with E-state index in [1.807, 2.05) is 78.9 Å². The summed E-state index contributed by atoms with van der Waals surface area (Å²) in [6.45, 7) is 0.491. The number of hydrogen-bond donors (Lipinski definition) is 0. The summed E-state index contributed by atoms with van der Waals surface area (Å²) in [7, 11) is 0. The van der Waals surface area contributed by atoms with Crippen LogP contribution in [0.3, 0.4) is 0 Å². The Balaban J connectivity index is 1.79. The maximum absolute atomic E-state index is 13.1. The number of carbonyl (C=O) groups is 1. The molecule has 0 radical (unpaired) electrons. The second-order valence-electron chi connectivity index (χ2n) is 6.20. The Morgan fingerprint density at radius 2 is 1.62 bits per heavy atom. The molecule has 0 spiro atoms. The van der Waals surface area contributed by atoms with E-state index < -0.39 is 0 Å². The van der Waals surface area contributed by atoms with Crippen LogP contribution in [-0.2, 0) is 11.3 Å². The predicted molar refractivity (Wildman–Crippen MR) is 106 cm³/mol. The lowest BCUT2D eigenvalue weighted by atomic mass is 10.1. The molecule has 4 rings (SSSR count). The summed E-state index contributed by atoms with van der Waals surface area (Å²) in [5, 5.41) is 0.591. The fraction of sp³-hybridized carbons (Fsp3) is 0.0909. The second kappa shape index (κ2) is 7.14. The third-order valence-corrected chi connectivity index (χ3v) is 4.63. The van der Waals surface area contributed by atoms with Gasteiger partial charge in [0.25, 0.3) is 0 Å². The summed E-state index contributed by atoms with van der Waals surface area (Å²) in [4.78, 5) is 19.6. The Bertz CT molecular complexity index is 968. The van der Waals surface area contributed by atoms with Crippen molar-refractivity contribution < 1.29 is 4.79 Å². The summed E-state index contributed by atoms with van der Waals surface area (Å²) < 4.78 is 0. The van der Waals surface area contributed by atoms with Crippen molar-refractivity contribution in [2.45, 2.75) is 13.0 Å². The number of fused-ring (bicyclic) bond motifs is 1. The minimum absolute atomic E-state index is 0.0115. The zero-order valence-corrected chi connectivity index (χ0v) is 14.9. The molecule has 3 aromatic carbocycles. The van der Waals surface area contributed by atoms with Gasteiger partial charge in [-0.25, -0.2) is 0 Å². The monoisotopic (exact) mass is 360 g/mol. The molecule has 0 fully saturated rings. The van der Waals surface area contributed by atoms with E-state index in [1.54, 1.807) is 4.90 Å². The Kier molecular flexibility index (Phi) is 4.55. The van der Waals surface area contributed by atoms with Crippen LogP contribution < -0.4 is 4.90 Å². The van der Waals surface area contributed by atoms with Crippen molar-refractivity contribution in [3.63, 3.8) is 0 Å². The van der Waals surface area contributed by atoms with Gasteiger partial charge in [0, 0.05) is 5.02 Å². The molecule has 0 saturated carbocycles. The summed E-state index contributed by atoms with van der Waals surface area (Å²) in [6.07, 6.45) is 0.253. The first kappa shape index (κ1) is 16.6. The third kappa shape index (κ3) is 3.39. The van der Waals surface area contributed by atoms with Crippen molar-refractivity contribution >= 4 is 34.6 Å². The highest BCUT2D eigenvalue weighted by molar-refractivity contribution is 6.31. The molecular weight excluding hydrogens is 344 g/mol. The molecule has 0 aromatic heterocycles. The lowest BCUT2D eigenvalue weighted by molar-refractivity contribution is -0.117. The molecule has 1 heterocycles. The molecule has 4 heteroatoms. The lowest BCUT2D eigenvalue weighted by Crippen LogP contribution is -2.31. The van der Waals surface area contributed by atoms with Gasteiger partial charge in [0.1, 0.15) is 0 Å². The minimum Gasteiger partial charge on any atom is -0.305 e. The smallest absolute Gasteiger partial charge is 0.233 e. The number of rotatable bonds is 3. The fourth-order valence-corrected chi connectivity index (χ4v) is 3.27. The van der Waals surface area contributed by atoms with Gasteiger partial charge in [-0.15, -0.1) is 0 Å². The van der Waals surface area contributed by atoms with Gasteiger partial charge in [-0.2, -0.15) is 0 Å². The van der Waals surface area contributed by atoms with Crippen LogP contribution in [0.2, 0.25) is 5.02 Å². The fourth-order valence-electron chi connectivity index (χ4n) is 3.10. The standard InChI is InChI=1S/C22H17ClN2O/c23-18-11-12-19-21(13-18)25(15-16-7-3-1-4-8-16)22(26)14-20(24-19)17-9-5-2-6-10-17/h1-13H,14-15H2. The number of aliphatic imine (C=N–C) groups is 1. The molecule has 0 N–H and O–H groups in total. The maximum atomic E-state index is 13.1. The van der Waals surface area contributed by atoms with Crippen LogP contribution in [0.15, 0.2) is 83.9 Å². The van der Waals surface area contributed by atoms with Crippen molar-refractivity contribution in [1.29, 1.82) is 0 Å². The van der Waals surface area contributed by atoms with E-state index in [9.17, 15) is 4.79 Å². The van der Waals surface area contributed by atoms with E-state index in [4.69, 9.17) is 16.6 Å². The van der Waals surface area contributed by atoms with Gasteiger partial charge in [0.15, 0.2) is 0 Å². The molecule has 3 nitrogen and oxygen atoms in total. The van der Waals surface area contributed by atoms with Gasteiger partial charge in [-0.05, 0) is 29.3 Å². The molecular formula is C22H17ClN2O. The first-order valence-electron chi connectivity index (χ1n) is 8.47. The highest BCUT2D eigenvalue weighted by atomic mass is 35.5. The molecule has 26 heavy (non-hydrogen) atoms. The number of nitrogens with zero attached hydrogens (tertiary/aromatic N) is 2. The first-order chi connectivity index (χ1) is 12.7. The number of carbonyl (C=O) groups excluding carboxylic acids is 1. The Morgan fingerprint density at radius 3 is 2.35 bits per heavy atom. The molecule has 3 aromatic rings. The van der Waals surface area contributed by atoms with Crippen molar-refractivity contribution in [3.05, 3.63) is 95.0 Å². The van der Waals surface area contributed by atoms with E-state index in [1.165, 1.54) is 0 Å². The minimum atomic E-state index is 0.0115. The van der Waals surface area contributed by atoms with Gasteiger partial charge >= 0.3 is 0 Å². The Labute approximate surface area is 157 Å². The molecule has 0 bridgehead atoms. The van der Waals surface area contributed by atoms with Crippen LogP contribution >= 0.6 is 11.6 Å². The number of benzene rings is 3. The van der Waals surface area contributed by atoms with E-state index in [2.05, 4.69) is 0 Å². The van der Waals surface area contributed by atoms with Gasteiger partial charge < -0.3 is 4.90 Å². The number of halogens is 1. The average molecular weight is 361 g/mol. The maximum Gasteiger partial charge on any atom is 0.233 e. The zero-order chi connectivity index (χ0) is 17.9. The van der Waals surface area contributed by atoms with Crippen LogP contribution in [0.5, 0.6) is 0 Å². The Hall–Kier alpha value is -2.91. The molecule has 1 amide bonds.